The van der Waals surface area contributed by atoms with Crippen LogP contribution in [0, 0.1) is 0 Å². The van der Waals surface area contributed by atoms with Gasteiger partial charge in [0.15, 0.2) is 6.29 Å². The van der Waals surface area contributed by atoms with Gasteiger partial charge >= 0.3 is 0 Å². The summed E-state index contributed by atoms with van der Waals surface area (Å²) in [7, 11) is 0. The number of carbonyl (C=O) groups is 1. The van der Waals surface area contributed by atoms with Gasteiger partial charge in [0.25, 0.3) is 0 Å². The molecular formula is C16H15ClO2. The molecule has 0 aliphatic rings. The van der Waals surface area contributed by atoms with Gasteiger partial charge in [-0.15, -0.1) is 0 Å². The molecule has 0 saturated carbocycles. The van der Waals surface area contributed by atoms with Crippen molar-refractivity contribution in [2.75, 3.05) is 0 Å². The zero-order valence-electron chi connectivity index (χ0n) is 10.9. The van der Waals surface area contributed by atoms with Crippen LogP contribution in [-0.2, 0) is 0 Å². The number of carbonyl (C=O) groups excluding carboxylic acids is 1. The lowest BCUT2D eigenvalue weighted by atomic mass is 10.0. The van der Waals surface area contributed by atoms with Crippen molar-refractivity contribution < 1.29 is 9.53 Å². The third kappa shape index (κ3) is 3.36. The van der Waals surface area contributed by atoms with E-state index in [2.05, 4.69) is 0 Å². The molecule has 0 amide bonds. The quantitative estimate of drug-likeness (QED) is 0.761. The van der Waals surface area contributed by atoms with Crippen LogP contribution in [-0.4, -0.2) is 12.4 Å². The maximum atomic E-state index is 11.1. The Morgan fingerprint density at radius 1 is 1.05 bits per heavy atom. The minimum absolute atomic E-state index is 0.0417. The van der Waals surface area contributed by atoms with Gasteiger partial charge in [-0.05, 0) is 49.2 Å². The molecular weight excluding hydrogens is 260 g/mol. The number of ether oxygens (including phenoxy) is 1. The van der Waals surface area contributed by atoms with Gasteiger partial charge in [0.1, 0.15) is 5.75 Å². The van der Waals surface area contributed by atoms with Crippen molar-refractivity contribution in [3.8, 4) is 16.9 Å². The summed E-state index contributed by atoms with van der Waals surface area (Å²) in [6.07, 6.45) is 0.858. The van der Waals surface area contributed by atoms with Crippen molar-refractivity contribution in [3.05, 3.63) is 53.1 Å². The summed E-state index contributed by atoms with van der Waals surface area (Å²) in [5.41, 5.74) is 2.54. The van der Waals surface area contributed by atoms with Crippen LogP contribution in [0.1, 0.15) is 24.2 Å². The fourth-order valence-electron chi connectivity index (χ4n) is 1.82. The molecule has 2 rings (SSSR count). The number of hydrogen-bond donors (Lipinski definition) is 0. The Morgan fingerprint density at radius 3 is 2.26 bits per heavy atom. The van der Waals surface area contributed by atoms with Gasteiger partial charge in [-0.3, -0.25) is 4.79 Å². The van der Waals surface area contributed by atoms with Crippen molar-refractivity contribution in [2.45, 2.75) is 20.0 Å². The monoisotopic (exact) mass is 274 g/mol. The molecule has 0 saturated heterocycles. The first-order valence-corrected chi connectivity index (χ1v) is 6.50. The van der Waals surface area contributed by atoms with E-state index in [0.29, 0.717) is 16.3 Å². The number of hydrogen-bond acceptors (Lipinski definition) is 2. The van der Waals surface area contributed by atoms with E-state index in [4.69, 9.17) is 16.3 Å². The third-order valence-corrected chi connectivity index (χ3v) is 2.93. The number of benzene rings is 2. The highest BCUT2D eigenvalue weighted by Gasteiger charge is 2.07. The first kappa shape index (κ1) is 13.6. The van der Waals surface area contributed by atoms with Crippen molar-refractivity contribution in [2.24, 2.45) is 0 Å². The van der Waals surface area contributed by atoms with Crippen LogP contribution in [0.4, 0.5) is 0 Å². The fraction of sp³-hybridized carbons (Fsp3) is 0.188. The molecule has 0 heterocycles. The van der Waals surface area contributed by atoms with Gasteiger partial charge in [0.2, 0.25) is 0 Å². The second-order valence-electron chi connectivity index (χ2n) is 4.54. The molecule has 0 bridgehead atoms. The normalized spacial score (nSPS) is 10.5. The van der Waals surface area contributed by atoms with E-state index in [0.717, 1.165) is 17.4 Å². The minimum Gasteiger partial charge on any atom is -0.490 e. The van der Waals surface area contributed by atoms with Gasteiger partial charge < -0.3 is 4.74 Å². The molecule has 0 unspecified atom stereocenters. The number of halogens is 1. The molecule has 2 aromatic rings. The summed E-state index contributed by atoms with van der Waals surface area (Å²) in [6, 6.07) is 13.1. The van der Waals surface area contributed by atoms with Crippen LogP contribution in [0.3, 0.4) is 0 Å². The Hall–Kier alpha value is -1.80. The molecule has 19 heavy (non-hydrogen) atoms. The largest absolute Gasteiger partial charge is 0.490 e. The summed E-state index contributed by atoms with van der Waals surface area (Å²) in [4.78, 5) is 11.1. The molecule has 98 valence electrons. The van der Waals surface area contributed by atoms with Gasteiger partial charge in [-0.2, -0.15) is 0 Å². The standard InChI is InChI=1S/C16H15ClO2/c1-11(2)19-16-8-5-13(9-14(16)10-18)12-3-6-15(17)7-4-12/h3-11H,1-2H3. The van der Waals surface area contributed by atoms with E-state index in [1.54, 1.807) is 0 Å². The molecule has 2 nitrogen and oxygen atoms in total. The molecule has 0 fully saturated rings. The molecule has 3 heteroatoms. The summed E-state index contributed by atoms with van der Waals surface area (Å²) < 4.78 is 5.59. The predicted molar refractivity (Wildman–Crippen MR) is 78.0 cm³/mol. The van der Waals surface area contributed by atoms with Crippen molar-refractivity contribution in [3.63, 3.8) is 0 Å². The molecule has 0 aliphatic heterocycles. The summed E-state index contributed by atoms with van der Waals surface area (Å²) in [5, 5.41) is 0.694. The van der Waals surface area contributed by atoms with Gasteiger partial charge in [-0.1, -0.05) is 29.8 Å². The van der Waals surface area contributed by atoms with Crippen LogP contribution in [0.5, 0.6) is 5.75 Å². The Labute approximate surface area is 118 Å². The van der Waals surface area contributed by atoms with Gasteiger partial charge in [0.05, 0.1) is 11.7 Å². The molecule has 0 aliphatic carbocycles. The van der Waals surface area contributed by atoms with Gasteiger partial charge in [0, 0.05) is 5.02 Å². The molecule has 0 radical (unpaired) electrons. The highest BCUT2D eigenvalue weighted by molar-refractivity contribution is 6.30. The molecule has 0 aromatic heterocycles. The van der Waals surface area contributed by atoms with Crippen molar-refractivity contribution in [1.82, 2.24) is 0 Å². The molecule has 0 N–H and O–H groups in total. The van der Waals surface area contributed by atoms with E-state index >= 15 is 0 Å². The number of aldehydes is 1. The van der Waals surface area contributed by atoms with E-state index in [-0.39, 0.29) is 6.10 Å². The Balaban J connectivity index is 2.38. The zero-order chi connectivity index (χ0) is 13.8. The summed E-state index contributed by atoms with van der Waals surface area (Å²) >= 11 is 5.86. The van der Waals surface area contributed by atoms with Crippen LogP contribution >= 0.6 is 11.6 Å². The van der Waals surface area contributed by atoms with Crippen LogP contribution in [0.15, 0.2) is 42.5 Å². The second-order valence-corrected chi connectivity index (χ2v) is 4.98. The van der Waals surface area contributed by atoms with Gasteiger partial charge in [-0.25, -0.2) is 0 Å². The minimum atomic E-state index is 0.0417. The Morgan fingerprint density at radius 2 is 1.68 bits per heavy atom. The fourth-order valence-corrected chi connectivity index (χ4v) is 1.95. The topological polar surface area (TPSA) is 26.3 Å². The van der Waals surface area contributed by atoms with E-state index in [1.165, 1.54) is 0 Å². The highest BCUT2D eigenvalue weighted by atomic mass is 35.5. The van der Waals surface area contributed by atoms with Crippen molar-refractivity contribution in [1.29, 1.82) is 0 Å². The highest BCUT2D eigenvalue weighted by Crippen LogP contribution is 2.27. The third-order valence-electron chi connectivity index (χ3n) is 2.68. The van der Waals surface area contributed by atoms with E-state index in [9.17, 15) is 4.79 Å². The lowest BCUT2D eigenvalue weighted by Gasteiger charge is -2.12. The predicted octanol–water partition coefficient (Wildman–Crippen LogP) is 4.61. The molecule has 0 atom stereocenters. The Bertz CT molecular complexity index is 574. The smallest absolute Gasteiger partial charge is 0.153 e. The van der Waals surface area contributed by atoms with E-state index in [1.807, 2.05) is 56.3 Å². The maximum Gasteiger partial charge on any atom is 0.153 e. The van der Waals surface area contributed by atoms with Crippen molar-refractivity contribution >= 4 is 17.9 Å². The summed E-state index contributed by atoms with van der Waals surface area (Å²) in [6.45, 7) is 3.86. The number of rotatable bonds is 4. The van der Waals surface area contributed by atoms with E-state index < -0.39 is 0 Å². The lowest BCUT2D eigenvalue weighted by Crippen LogP contribution is -2.07. The lowest BCUT2D eigenvalue weighted by molar-refractivity contribution is 0.111. The van der Waals surface area contributed by atoms with Crippen LogP contribution in [0.2, 0.25) is 5.02 Å². The SMILES string of the molecule is CC(C)Oc1ccc(-c2ccc(Cl)cc2)cc1C=O. The zero-order valence-corrected chi connectivity index (χ0v) is 11.6. The molecule has 2 aromatic carbocycles. The maximum absolute atomic E-state index is 11.1. The first-order chi connectivity index (χ1) is 9.10. The Kier molecular flexibility index (Phi) is 4.23. The van der Waals surface area contributed by atoms with Crippen LogP contribution < -0.4 is 4.74 Å². The molecule has 0 spiro atoms. The van der Waals surface area contributed by atoms with Crippen LogP contribution in [0.25, 0.3) is 11.1 Å². The average molecular weight is 275 g/mol. The first-order valence-electron chi connectivity index (χ1n) is 6.12. The summed E-state index contributed by atoms with van der Waals surface area (Å²) in [5.74, 6) is 0.614. The second kappa shape index (κ2) is 5.89. The average Bonchev–Trinajstić information content (AvgIpc) is 2.39.